The number of carbonyl (C=O) groups excluding carboxylic acids is 1. The molecule has 1 amide bonds. The van der Waals surface area contributed by atoms with Crippen molar-refractivity contribution >= 4 is 27.5 Å². The third-order valence-corrected chi connectivity index (χ3v) is 6.79. The summed E-state index contributed by atoms with van der Waals surface area (Å²) >= 11 is 6.05. The summed E-state index contributed by atoms with van der Waals surface area (Å²) in [7, 11) is -3.71. The monoisotopic (exact) mass is 372 g/mol. The zero-order chi connectivity index (χ0) is 17.3. The van der Waals surface area contributed by atoms with Crippen LogP contribution in [0, 0.1) is 6.92 Å². The number of amides is 1. The Balaban J connectivity index is 1.82. The molecule has 1 N–H and O–H groups in total. The first-order chi connectivity index (χ1) is 11.4. The lowest BCUT2D eigenvalue weighted by atomic mass is 10.1. The maximum Gasteiger partial charge on any atom is 0.246 e. The fourth-order valence-electron chi connectivity index (χ4n) is 3.24. The van der Waals surface area contributed by atoms with Gasteiger partial charge in [-0.15, -0.1) is 0 Å². The van der Waals surface area contributed by atoms with Crippen LogP contribution in [0.25, 0.3) is 0 Å². The van der Waals surface area contributed by atoms with Gasteiger partial charge in [-0.25, -0.2) is 13.4 Å². The summed E-state index contributed by atoms with van der Waals surface area (Å²) in [4.78, 5) is 17.9. The number of aryl methyl sites for hydroxylation is 1. The van der Waals surface area contributed by atoms with Crippen LogP contribution >= 0.6 is 11.6 Å². The minimum atomic E-state index is -3.71. The minimum Gasteiger partial charge on any atom is -0.336 e. The van der Waals surface area contributed by atoms with Crippen LogP contribution in [0.15, 0.2) is 17.0 Å². The molecule has 24 heavy (non-hydrogen) atoms. The Morgan fingerprint density at radius 3 is 2.83 bits per heavy atom. The van der Waals surface area contributed by atoms with Gasteiger partial charge in [0.1, 0.15) is 10.0 Å². The number of hydrogen-bond acceptors (Lipinski definition) is 5. The Morgan fingerprint density at radius 1 is 1.33 bits per heavy atom. The first kappa shape index (κ1) is 17.6. The van der Waals surface area contributed by atoms with Crippen LogP contribution in [-0.2, 0) is 14.8 Å². The number of piperazine rings is 1. The fourth-order valence-corrected chi connectivity index (χ4v) is 5.25. The molecule has 1 atom stereocenters. The highest BCUT2D eigenvalue weighted by Gasteiger charge is 2.36. The van der Waals surface area contributed by atoms with Gasteiger partial charge < -0.3 is 10.2 Å². The van der Waals surface area contributed by atoms with Crippen molar-refractivity contribution in [1.82, 2.24) is 19.5 Å². The van der Waals surface area contributed by atoms with Gasteiger partial charge in [0.15, 0.2) is 0 Å². The zero-order valence-electron chi connectivity index (χ0n) is 13.5. The van der Waals surface area contributed by atoms with Crippen molar-refractivity contribution in [2.24, 2.45) is 0 Å². The highest BCUT2D eigenvalue weighted by Crippen LogP contribution is 2.27. The molecule has 2 fully saturated rings. The molecule has 132 valence electrons. The average molecular weight is 373 g/mol. The van der Waals surface area contributed by atoms with Gasteiger partial charge in [0.25, 0.3) is 0 Å². The quantitative estimate of drug-likeness (QED) is 0.787. The van der Waals surface area contributed by atoms with E-state index in [2.05, 4.69) is 10.3 Å². The molecule has 7 nitrogen and oxygen atoms in total. The molecule has 1 aromatic rings. The number of nitrogens with zero attached hydrogens (tertiary/aromatic N) is 3. The third-order valence-electron chi connectivity index (χ3n) is 4.50. The van der Waals surface area contributed by atoms with Gasteiger partial charge >= 0.3 is 0 Å². The van der Waals surface area contributed by atoms with E-state index in [0.717, 1.165) is 19.4 Å². The van der Waals surface area contributed by atoms with E-state index in [9.17, 15) is 13.2 Å². The fraction of sp³-hybridized carbons (Fsp3) is 0.600. The summed E-state index contributed by atoms with van der Waals surface area (Å²) in [6.07, 6.45) is 1.54. The van der Waals surface area contributed by atoms with Crippen molar-refractivity contribution in [2.45, 2.75) is 30.7 Å². The zero-order valence-corrected chi connectivity index (χ0v) is 15.1. The number of sulfonamides is 1. The van der Waals surface area contributed by atoms with Crippen LogP contribution in [0.4, 0.5) is 0 Å². The number of aromatic nitrogens is 1. The third kappa shape index (κ3) is 3.42. The maximum atomic E-state index is 12.9. The molecule has 2 aliphatic heterocycles. The van der Waals surface area contributed by atoms with Gasteiger partial charge in [0.2, 0.25) is 15.9 Å². The minimum absolute atomic E-state index is 0.00428. The van der Waals surface area contributed by atoms with Gasteiger partial charge in [0.05, 0.1) is 6.54 Å². The maximum absolute atomic E-state index is 12.9. The van der Waals surface area contributed by atoms with Crippen molar-refractivity contribution in [2.75, 3.05) is 32.7 Å². The molecule has 1 aromatic heterocycles. The normalized spacial score (nSPS) is 23.5. The molecule has 0 aromatic carbocycles. The van der Waals surface area contributed by atoms with E-state index in [1.807, 2.05) is 0 Å². The molecular formula is C15H21ClN4O3S. The summed E-state index contributed by atoms with van der Waals surface area (Å²) < 4.78 is 27.3. The Labute approximate surface area is 147 Å². The Bertz CT molecular complexity index is 740. The van der Waals surface area contributed by atoms with E-state index in [-0.39, 0.29) is 22.0 Å². The molecule has 2 aliphatic rings. The lowest BCUT2D eigenvalue weighted by molar-refractivity contribution is -0.135. The van der Waals surface area contributed by atoms with Crippen LogP contribution in [0.2, 0.25) is 5.15 Å². The average Bonchev–Trinajstić information content (AvgIpc) is 2.55. The predicted octanol–water partition coefficient (Wildman–Crippen LogP) is 0.628. The Morgan fingerprint density at radius 2 is 2.12 bits per heavy atom. The van der Waals surface area contributed by atoms with Crippen LogP contribution in [-0.4, -0.2) is 67.3 Å². The van der Waals surface area contributed by atoms with E-state index in [1.165, 1.54) is 10.4 Å². The number of rotatable bonds is 3. The van der Waals surface area contributed by atoms with Crippen LogP contribution < -0.4 is 5.32 Å². The SMILES string of the molecule is Cc1ccc(S(=O)(=O)N2CCC[C@@H](N3CCNCC3=O)C2)c(Cl)n1. The van der Waals surface area contributed by atoms with Crippen molar-refractivity contribution in [3.8, 4) is 0 Å². The largest absolute Gasteiger partial charge is 0.336 e. The standard InChI is InChI=1S/C15H21ClN4O3S/c1-11-4-5-13(15(16)18-11)24(22,23)19-7-2-3-12(10-19)20-8-6-17-9-14(20)21/h4-5,12,17H,2-3,6-10H2,1H3/t12-/m1/s1. The number of halogens is 1. The first-order valence-electron chi connectivity index (χ1n) is 8.03. The molecule has 0 radical (unpaired) electrons. The van der Waals surface area contributed by atoms with Gasteiger partial charge in [-0.05, 0) is 31.9 Å². The van der Waals surface area contributed by atoms with Crippen molar-refractivity contribution < 1.29 is 13.2 Å². The molecule has 2 saturated heterocycles. The lowest BCUT2D eigenvalue weighted by Crippen LogP contribution is -2.57. The van der Waals surface area contributed by atoms with Gasteiger partial charge in [-0.1, -0.05) is 11.6 Å². The molecule has 0 saturated carbocycles. The van der Waals surface area contributed by atoms with E-state index in [4.69, 9.17) is 11.6 Å². The molecule has 0 spiro atoms. The topological polar surface area (TPSA) is 82.6 Å². The van der Waals surface area contributed by atoms with Gasteiger partial charge in [0, 0.05) is 37.9 Å². The second-order valence-corrected chi connectivity index (χ2v) is 8.43. The van der Waals surface area contributed by atoms with Crippen LogP contribution in [0.1, 0.15) is 18.5 Å². The summed E-state index contributed by atoms with van der Waals surface area (Å²) in [6, 6.07) is 3.06. The molecule has 0 bridgehead atoms. The van der Waals surface area contributed by atoms with Crippen LogP contribution in [0.3, 0.4) is 0 Å². The van der Waals surface area contributed by atoms with Crippen molar-refractivity contribution in [3.63, 3.8) is 0 Å². The van der Waals surface area contributed by atoms with Crippen LogP contribution in [0.5, 0.6) is 0 Å². The number of carbonyl (C=O) groups is 1. The highest BCUT2D eigenvalue weighted by molar-refractivity contribution is 7.89. The number of piperidine rings is 1. The second kappa shape index (κ2) is 6.95. The predicted molar refractivity (Wildman–Crippen MR) is 90.3 cm³/mol. The number of pyridine rings is 1. The summed E-state index contributed by atoms with van der Waals surface area (Å²) in [6.45, 7) is 4.17. The smallest absolute Gasteiger partial charge is 0.246 e. The second-order valence-electron chi connectivity index (χ2n) is 6.16. The molecule has 3 heterocycles. The van der Waals surface area contributed by atoms with Gasteiger partial charge in [-0.3, -0.25) is 4.79 Å². The lowest BCUT2D eigenvalue weighted by Gasteiger charge is -2.40. The number of nitrogens with one attached hydrogen (secondary N) is 1. The molecule has 0 unspecified atom stereocenters. The van der Waals surface area contributed by atoms with Crippen molar-refractivity contribution in [1.29, 1.82) is 0 Å². The summed E-state index contributed by atoms with van der Waals surface area (Å²) in [5.41, 5.74) is 0.668. The molecule has 0 aliphatic carbocycles. The van der Waals surface area contributed by atoms with E-state index in [0.29, 0.717) is 31.9 Å². The Kier molecular flexibility index (Phi) is 5.10. The van der Waals surface area contributed by atoms with E-state index < -0.39 is 10.0 Å². The van der Waals surface area contributed by atoms with Crippen molar-refractivity contribution in [3.05, 3.63) is 23.0 Å². The Hall–Kier alpha value is -1.22. The summed E-state index contributed by atoms with van der Waals surface area (Å²) in [5.74, 6) is 0.0283. The van der Waals surface area contributed by atoms with Gasteiger partial charge in [-0.2, -0.15) is 4.31 Å². The molecular weight excluding hydrogens is 352 g/mol. The van der Waals surface area contributed by atoms with E-state index in [1.54, 1.807) is 17.9 Å². The molecule has 9 heteroatoms. The van der Waals surface area contributed by atoms with E-state index >= 15 is 0 Å². The number of hydrogen-bond donors (Lipinski definition) is 1. The summed E-state index contributed by atoms with van der Waals surface area (Å²) in [5, 5.41) is 3.03. The first-order valence-corrected chi connectivity index (χ1v) is 9.85. The molecule has 3 rings (SSSR count). The highest BCUT2D eigenvalue weighted by atomic mass is 35.5.